The summed E-state index contributed by atoms with van der Waals surface area (Å²) in [5.41, 5.74) is 1.62. The van der Waals surface area contributed by atoms with Crippen molar-refractivity contribution in [1.82, 2.24) is 0 Å². The third kappa shape index (κ3) is 8.43. The number of hydrogen-bond donors (Lipinski definition) is 0. The summed E-state index contributed by atoms with van der Waals surface area (Å²) in [7, 11) is 0. The minimum Gasteiger partial charge on any atom is -0.870 e. The Morgan fingerprint density at radius 1 is 0.316 bits per heavy atom. The maximum absolute atomic E-state index is 8.93. The van der Waals surface area contributed by atoms with Crippen molar-refractivity contribution >= 4 is 0 Å². The number of rotatable bonds is 0. The van der Waals surface area contributed by atoms with Crippen LogP contribution in [0.4, 0.5) is 0 Å². The molecule has 0 unspecified atom stereocenters. The summed E-state index contributed by atoms with van der Waals surface area (Å²) in [4.78, 5) is 0. The zero-order valence-corrected chi connectivity index (χ0v) is 31.5. The third-order valence-corrected chi connectivity index (χ3v) is 8.05. The maximum atomic E-state index is 8.93. The van der Waals surface area contributed by atoms with Crippen molar-refractivity contribution in [3.8, 4) is 0 Å². The lowest BCUT2D eigenvalue weighted by Gasteiger charge is -2.70. The van der Waals surface area contributed by atoms with Crippen LogP contribution in [-0.4, -0.2) is 65.4 Å². The Balaban J connectivity index is -0.000000269. The van der Waals surface area contributed by atoms with Gasteiger partial charge in [-0.25, -0.2) is 0 Å². The highest BCUT2D eigenvalue weighted by atomic mass is 16.2. The van der Waals surface area contributed by atoms with Crippen LogP contribution in [-0.2, 0) is 0 Å². The Hall–Kier alpha value is -0.160. The van der Waals surface area contributed by atoms with Crippen molar-refractivity contribution in [2.75, 3.05) is 6.61 Å². The van der Waals surface area contributed by atoms with Crippen molar-refractivity contribution in [3.63, 3.8) is 0 Å². The second-order valence-electron chi connectivity index (χ2n) is 19.0. The van der Waals surface area contributed by atoms with Crippen LogP contribution in [0.3, 0.4) is 0 Å². The molecule has 0 amide bonds. The molecule has 4 nitrogen and oxygen atoms in total. The van der Waals surface area contributed by atoms with Crippen LogP contribution in [0.2, 0.25) is 0 Å². The molecule has 0 saturated carbocycles. The molecule has 0 saturated heterocycles. The van der Waals surface area contributed by atoms with Crippen LogP contribution < -0.4 is 5.11 Å². The van der Waals surface area contributed by atoms with Crippen LogP contribution in [0.15, 0.2) is 0 Å². The van der Waals surface area contributed by atoms with E-state index in [0.717, 1.165) is 8.97 Å². The summed E-state index contributed by atoms with van der Waals surface area (Å²) in [6.07, 6.45) is 0. The van der Waals surface area contributed by atoms with E-state index in [4.69, 9.17) is 5.11 Å². The van der Waals surface area contributed by atoms with Gasteiger partial charge in [-0.2, -0.15) is 0 Å². The monoisotopic (exact) mass is 547 g/mol. The predicted octanol–water partition coefficient (Wildman–Crippen LogP) is 9.18. The normalized spacial score (nSPS) is 15.0. The Bertz CT molecular complexity index is 483. The first-order valence-electron chi connectivity index (χ1n) is 14.8. The van der Waals surface area contributed by atoms with E-state index in [0.29, 0.717) is 0 Å². The van der Waals surface area contributed by atoms with E-state index in [1.165, 1.54) is 0 Å². The number of nitrogens with zero attached hydrogens (tertiary/aromatic N) is 2. The molecule has 0 aromatic heterocycles. The predicted molar refractivity (Wildman–Crippen MR) is 171 cm³/mol. The molecule has 0 spiro atoms. The van der Waals surface area contributed by atoms with E-state index >= 15 is 0 Å². The van der Waals surface area contributed by atoms with E-state index in [9.17, 15) is 0 Å². The zero-order chi connectivity index (χ0) is 31.7. The summed E-state index contributed by atoms with van der Waals surface area (Å²) in [5.74, 6) is 0. The lowest BCUT2D eigenvalue weighted by Crippen LogP contribution is -2.82. The molecule has 0 radical (unpaired) electrons. The number of hydrogen-bond acceptors (Lipinski definition) is 2. The molecule has 0 aliphatic heterocycles. The highest BCUT2D eigenvalue weighted by Crippen LogP contribution is 2.51. The molecule has 0 aromatic rings. The van der Waals surface area contributed by atoms with Crippen molar-refractivity contribution < 1.29 is 19.5 Å². The molecule has 1 N–H and O–H groups in total. The van der Waals surface area contributed by atoms with Crippen molar-refractivity contribution in [2.24, 2.45) is 0 Å². The van der Waals surface area contributed by atoms with E-state index in [-0.39, 0.29) is 56.4 Å². The average molecular weight is 547 g/mol. The van der Waals surface area contributed by atoms with Gasteiger partial charge >= 0.3 is 0 Å². The smallest absolute Gasteiger partial charge is 0.0918 e. The molecule has 38 heavy (non-hydrogen) atoms. The standard InChI is InChI=1S/2C16H36N.C2H5O.H2O/c2*1-13(2,3)17(14(4,5)6,15(7,8)9)16(10,11)12;1-2-3;/h2*1-12H3;2H2,1H3;1H2/q2*+1;-1;/p-1. The first-order valence-corrected chi connectivity index (χ1v) is 14.8. The first-order chi connectivity index (χ1) is 15.4. The third-order valence-electron chi connectivity index (χ3n) is 8.05. The second kappa shape index (κ2) is 12.8. The van der Waals surface area contributed by atoms with Crippen LogP contribution >= 0.6 is 0 Å². The summed E-state index contributed by atoms with van der Waals surface area (Å²) in [6, 6.07) is 0. The van der Waals surface area contributed by atoms with Crippen molar-refractivity contribution in [3.05, 3.63) is 0 Å². The van der Waals surface area contributed by atoms with E-state index < -0.39 is 0 Å². The Kier molecular flexibility index (Phi) is 15.1. The highest BCUT2D eigenvalue weighted by Gasteiger charge is 2.63. The quantitative estimate of drug-likeness (QED) is 0.284. The summed E-state index contributed by atoms with van der Waals surface area (Å²) < 4.78 is 2.17. The van der Waals surface area contributed by atoms with E-state index in [2.05, 4.69) is 166 Å². The molecule has 0 heterocycles. The fourth-order valence-electron chi connectivity index (χ4n) is 12.1. The summed E-state index contributed by atoms with van der Waals surface area (Å²) in [6.45, 7) is 58.8. The van der Waals surface area contributed by atoms with Gasteiger partial charge in [-0.15, -0.1) is 6.61 Å². The lowest BCUT2D eigenvalue weighted by atomic mass is 9.75. The Morgan fingerprint density at radius 3 is 0.368 bits per heavy atom. The van der Waals surface area contributed by atoms with Gasteiger partial charge in [-0.05, 0) is 166 Å². The largest absolute Gasteiger partial charge is 0.870 e. The van der Waals surface area contributed by atoms with Crippen LogP contribution in [0.25, 0.3) is 0 Å². The minimum atomic E-state index is 0. The van der Waals surface area contributed by atoms with Gasteiger partial charge in [-0.1, -0.05) is 6.92 Å². The summed E-state index contributed by atoms with van der Waals surface area (Å²) in [5, 5.41) is 8.93. The molecular weight excluding hydrogens is 468 g/mol. The minimum absolute atomic E-state index is 0. The van der Waals surface area contributed by atoms with Gasteiger partial charge in [0.15, 0.2) is 0 Å². The van der Waals surface area contributed by atoms with Crippen LogP contribution in [0.1, 0.15) is 173 Å². The van der Waals surface area contributed by atoms with Gasteiger partial charge in [0.05, 0.1) is 44.3 Å². The van der Waals surface area contributed by atoms with Crippen molar-refractivity contribution in [2.45, 2.75) is 217 Å². The van der Waals surface area contributed by atoms with Gasteiger partial charge < -0.3 is 19.5 Å². The molecule has 0 fully saturated rings. The molecule has 0 aliphatic carbocycles. The van der Waals surface area contributed by atoms with Crippen molar-refractivity contribution in [1.29, 1.82) is 0 Å². The number of quaternary nitrogens is 2. The lowest BCUT2D eigenvalue weighted by molar-refractivity contribution is -1.08. The average Bonchev–Trinajstić information content (AvgIpc) is 2.33. The molecule has 0 aliphatic rings. The molecule has 0 bridgehead atoms. The Labute approximate surface area is 243 Å². The van der Waals surface area contributed by atoms with Gasteiger partial charge in [0.2, 0.25) is 0 Å². The molecular formula is C34H78N2O2. The van der Waals surface area contributed by atoms with E-state index in [1.54, 1.807) is 6.92 Å². The van der Waals surface area contributed by atoms with Gasteiger partial charge in [0.1, 0.15) is 0 Å². The van der Waals surface area contributed by atoms with Crippen LogP contribution in [0, 0.1) is 0 Å². The zero-order valence-electron chi connectivity index (χ0n) is 31.5. The molecule has 236 valence electrons. The molecule has 0 aromatic carbocycles. The molecule has 4 heteroatoms. The molecule has 0 rings (SSSR count). The van der Waals surface area contributed by atoms with Crippen LogP contribution in [0.5, 0.6) is 0 Å². The van der Waals surface area contributed by atoms with Gasteiger partial charge in [0.25, 0.3) is 0 Å². The summed E-state index contributed by atoms with van der Waals surface area (Å²) >= 11 is 0. The Morgan fingerprint density at radius 2 is 0.368 bits per heavy atom. The topological polar surface area (TPSA) is 53.1 Å². The second-order valence-corrected chi connectivity index (χ2v) is 19.0. The fraction of sp³-hybridized carbons (Fsp3) is 1.00. The highest BCUT2D eigenvalue weighted by molar-refractivity contribution is 4.89. The fourth-order valence-corrected chi connectivity index (χ4v) is 12.1. The van der Waals surface area contributed by atoms with E-state index in [1.807, 2.05) is 0 Å². The van der Waals surface area contributed by atoms with Gasteiger partial charge in [0, 0.05) is 0 Å². The first kappa shape index (κ1) is 44.8. The van der Waals surface area contributed by atoms with Gasteiger partial charge in [-0.3, -0.25) is 0 Å². The SMILES string of the molecule is CC(C)(C)[N+](C(C)(C)C)(C(C)(C)C)C(C)(C)C.CC(C)(C)[N+](C(C)(C)C)(C(C)(C)C)C(C)(C)C.CC[O-].[OH-]. The maximum Gasteiger partial charge on any atom is 0.0918 e. The molecule has 0 atom stereocenters.